The van der Waals surface area contributed by atoms with Crippen molar-refractivity contribution in [3.05, 3.63) is 82.8 Å². The van der Waals surface area contributed by atoms with Crippen LogP contribution in [0.25, 0.3) is 10.9 Å². The number of nitrogens with zero attached hydrogens (tertiary/aromatic N) is 3. The summed E-state index contributed by atoms with van der Waals surface area (Å²) in [5.41, 5.74) is 4.75. The van der Waals surface area contributed by atoms with E-state index in [1.807, 2.05) is 47.9 Å². The van der Waals surface area contributed by atoms with Crippen molar-refractivity contribution in [2.24, 2.45) is 0 Å². The van der Waals surface area contributed by atoms with Crippen molar-refractivity contribution < 1.29 is 13.9 Å². The molecule has 4 aromatic rings. The third-order valence-corrected chi connectivity index (χ3v) is 5.83. The van der Waals surface area contributed by atoms with Crippen molar-refractivity contribution in [1.82, 2.24) is 24.8 Å². The lowest BCUT2D eigenvalue weighted by molar-refractivity contribution is 0.0936. The van der Waals surface area contributed by atoms with Gasteiger partial charge in [-0.25, -0.2) is 14.4 Å². The average Bonchev–Trinajstić information content (AvgIpc) is 3.51. The molecule has 5 rings (SSSR count). The number of benzene rings is 1. The zero-order chi connectivity index (χ0) is 23.7. The standard InChI is InChI=1S/C26H24FN5O2/c1-16-10-17(6-5-9-34-2)11-22(29-16)26(33)31-24(21-12-18-7-3-4-8-20(18)30-21)25-23-13-19(27)14-32(23)15-28-25/h3-4,7-8,10-12,15,19,24,30H,9,13-14H2,1-2H3,(H,31,33)/t19-,24?/m1/s1. The third-order valence-electron chi connectivity index (χ3n) is 5.83. The second-order valence-corrected chi connectivity index (χ2v) is 8.37. The minimum atomic E-state index is -0.956. The molecule has 8 heteroatoms. The second-order valence-electron chi connectivity index (χ2n) is 8.37. The SMILES string of the molecule is COCC#Cc1cc(C)nc(C(=O)NC(c2cc3ccccc3[nH]2)c2ncn3c2C[C@@H](F)C3)c1. The first kappa shape index (κ1) is 21.9. The molecule has 0 saturated heterocycles. The smallest absolute Gasteiger partial charge is 0.270 e. The fourth-order valence-electron chi connectivity index (χ4n) is 4.35. The van der Waals surface area contributed by atoms with Gasteiger partial charge in [-0.15, -0.1) is 0 Å². The topological polar surface area (TPSA) is 84.8 Å². The fourth-order valence-corrected chi connectivity index (χ4v) is 4.35. The fraction of sp³-hybridized carbons (Fsp3) is 0.269. The van der Waals surface area contributed by atoms with Crippen LogP contribution in [0.5, 0.6) is 0 Å². The van der Waals surface area contributed by atoms with Crippen LogP contribution < -0.4 is 5.32 Å². The molecule has 2 atom stereocenters. The van der Waals surface area contributed by atoms with Gasteiger partial charge in [0.05, 0.1) is 18.6 Å². The molecule has 3 aromatic heterocycles. The molecular weight excluding hydrogens is 433 g/mol. The number of hydrogen-bond acceptors (Lipinski definition) is 4. The number of nitrogens with one attached hydrogen (secondary N) is 2. The van der Waals surface area contributed by atoms with Crippen molar-refractivity contribution in [1.29, 1.82) is 0 Å². The number of hydrogen-bond donors (Lipinski definition) is 2. The van der Waals surface area contributed by atoms with Crippen molar-refractivity contribution in [2.75, 3.05) is 13.7 Å². The Hall–Kier alpha value is -3.96. The summed E-state index contributed by atoms with van der Waals surface area (Å²) < 4.78 is 20.9. The van der Waals surface area contributed by atoms with Crippen LogP contribution in [0.3, 0.4) is 0 Å². The van der Waals surface area contributed by atoms with Gasteiger partial charge in [0.1, 0.15) is 24.5 Å². The van der Waals surface area contributed by atoms with E-state index in [1.54, 1.807) is 19.5 Å². The van der Waals surface area contributed by atoms with Gasteiger partial charge >= 0.3 is 0 Å². The van der Waals surface area contributed by atoms with Crippen LogP contribution in [0, 0.1) is 18.8 Å². The van der Waals surface area contributed by atoms with Gasteiger partial charge in [0, 0.05) is 41.7 Å². The number of amides is 1. The van der Waals surface area contributed by atoms with E-state index in [0.717, 1.165) is 22.3 Å². The summed E-state index contributed by atoms with van der Waals surface area (Å²) in [5.74, 6) is 5.53. The summed E-state index contributed by atoms with van der Waals surface area (Å²) in [7, 11) is 1.58. The van der Waals surface area contributed by atoms with E-state index in [4.69, 9.17) is 4.74 Å². The van der Waals surface area contributed by atoms with Gasteiger partial charge in [0.2, 0.25) is 0 Å². The normalized spacial score (nSPS) is 15.6. The van der Waals surface area contributed by atoms with Crippen LogP contribution in [0.4, 0.5) is 4.39 Å². The van der Waals surface area contributed by atoms with E-state index < -0.39 is 12.2 Å². The number of fused-ring (bicyclic) bond motifs is 2. The highest BCUT2D eigenvalue weighted by molar-refractivity contribution is 5.93. The maximum absolute atomic E-state index is 14.1. The minimum Gasteiger partial charge on any atom is -0.372 e. The Morgan fingerprint density at radius 2 is 2.21 bits per heavy atom. The molecule has 0 radical (unpaired) electrons. The monoisotopic (exact) mass is 457 g/mol. The summed E-state index contributed by atoms with van der Waals surface area (Å²) in [6, 6.07) is 12.7. The molecule has 1 amide bonds. The van der Waals surface area contributed by atoms with E-state index in [2.05, 4.69) is 32.1 Å². The zero-order valence-electron chi connectivity index (χ0n) is 18.9. The average molecular weight is 458 g/mol. The number of carbonyl (C=O) groups is 1. The lowest BCUT2D eigenvalue weighted by atomic mass is 10.1. The Bertz CT molecular complexity index is 1390. The number of aromatic amines is 1. The Morgan fingerprint density at radius 1 is 1.35 bits per heavy atom. The molecule has 2 N–H and O–H groups in total. The summed E-state index contributed by atoms with van der Waals surface area (Å²) >= 11 is 0. The maximum atomic E-state index is 14.1. The Morgan fingerprint density at radius 3 is 3.03 bits per heavy atom. The lowest BCUT2D eigenvalue weighted by Gasteiger charge is -2.17. The summed E-state index contributed by atoms with van der Waals surface area (Å²) in [5, 5.41) is 4.09. The number of rotatable bonds is 5. The number of alkyl halides is 1. The molecule has 0 saturated carbocycles. The molecule has 7 nitrogen and oxygen atoms in total. The molecule has 4 heterocycles. The van der Waals surface area contributed by atoms with Crippen LogP contribution in [-0.2, 0) is 17.7 Å². The van der Waals surface area contributed by atoms with Gasteiger partial charge < -0.3 is 19.6 Å². The van der Waals surface area contributed by atoms with Crippen molar-refractivity contribution >= 4 is 16.8 Å². The van der Waals surface area contributed by atoms with Gasteiger partial charge in [-0.05, 0) is 36.6 Å². The van der Waals surface area contributed by atoms with Gasteiger partial charge in [0.15, 0.2) is 0 Å². The Labute approximate surface area is 196 Å². The molecule has 1 aliphatic rings. The quantitative estimate of drug-likeness (QED) is 0.450. The number of aryl methyl sites for hydroxylation is 1. The van der Waals surface area contributed by atoms with Crippen LogP contribution in [0.1, 0.15) is 44.9 Å². The number of para-hydroxylation sites is 1. The Kier molecular flexibility index (Phi) is 5.86. The van der Waals surface area contributed by atoms with Gasteiger partial charge in [-0.3, -0.25) is 4.79 Å². The first-order valence-electron chi connectivity index (χ1n) is 11.0. The molecule has 0 fully saturated rings. The van der Waals surface area contributed by atoms with Crippen LogP contribution >= 0.6 is 0 Å². The number of pyridine rings is 1. The van der Waals surface area contributed by atoms with E-state index in [-0.39, 0.29) is 24.6 Å². The van der Waals surface area contributed by atoms with E-state index in [1.165, 1.54) is 0 Å². The first-order chi connectivity index (χ1) is 16.5. The number of methoxy groups -OCH3 is 1. The number of aromatic nitrogens is 4. The predicted octanol–water partition coefficient (Wildman–Crippen LogP) is 3.48. The molecular formula is C26H24FN5O2. The number of carbonyl (C=O) groups excluding carboxylic acids is 1. The molecule has 172 valence electrons. The van der Waals surface area contributed by atoms with Crippen LogP contribution in [-0.4, -0.2) is 45.3 Å². The second kappa shape index (κ2) is 9.12. The zero-order valence-corrected chi connectivity index (χ0v) is 18.9. The van der Waals surface area contributed by atoms with E-state index >= 15 is 0 Å². The lowest BCUT2D eigenvalue weighted by Crippen LogP contribution is -2.31. The molecule has 0 bridgehead atoms. The number of H-pyrrole nitrogens is 1. The summed E-state index contributed by atoms with van der Waals surface area (Å²) in [4.78, 5) is 25.7. The summed E-state index contributed by atoms with van der Waals surface area (Å²) in [6.07, 6.45) is 0.951. The van der Waals surface area contributed by atoms with E-state index in [9.17, 15) is 9.18 Å². The minimum absolute atomic E-state index is 0.252. The highest BCUT2D eigenvalue weighted by atomic mass is 19.1. The number of ether oxygens (including phenoxy) is 1. The molecule has 1 aliphatic heterocycles. The molecule has 34 heavy (non-hydrogen) atoms. The molecule has 0 spiro atoms. The molecule has 0 aliphatic carbocycles. The van der Waals surface area contributed by atoms with Gasteiger partial charge in [-0.2, -0.15) is 0 Å². The Balaban J connectivity index is 1.52. The van der Waals surface area contributed by atoms with E-state index in [0.29, 0.717) is 23.6 Å². The third kappa shape index (κ3) is 4.30. The first-order valence-corrected chi connectivity index (χ1v) is 11.0. The molecule has 1 aromatic carbocycles. The summed E-state index contributed by atoms with van der Waals surface area (Å²) in [6.45, 7) is 2.39. The van der Waals surface area contributed by atoms with Crippen LogP contribution in [0.15, 0.2) is 48.8 Å². The van der Waals surface area contributed by atoms with Crippen LogP contribution in [0.2, 0.25) is 0 Å². The predicted molar refractivity (Wildman–Crippen MR) is 126 cm³/mol. The van der Waals surface area contributed by atoms with Crippen molar-refractivity contribution in [2.45, 2.75) is 32.1 Å². The maximum Gasteiger partial charge on any atom is 0.270 e. The van der Waals surface area contributed by atoms with Gasteiger partial charge in [0.25, 0.3) is 5.91 Å². The van der Waals surface area contributed by atoms with Crippen molar-refractivity contribution in [3.63, 3.8) is 0 Å². The highest BCUT2D eigenvalue weighted by Crippen LogP contribution is 2.30. The number of imidazole rings is 1. The number of halogens is 1. The molecule has 1 unspecified atom stereocenters. The van der Waals surface area contributed by atoms with Crippen molar-refractivity contribution in [3.8, 4) is 11.8 Å². The largest absolute Gasteiger partial charge is 0.372 e. The highest BCUT2D eigenvalue weighted by Gasteiger charge is 2.31. The van der Waals surface area contributed by atoms with Gasteiger partial charge in [-0.1, -0.05) is 30.0 Å².